The van der Waals surface area contributed by atoms with E-state index >= 15 is 0 Å². The molecule has 2 aromatic carbocycles. The van der Waals surface area contributed by atoms with E-state index in [1.165, 1.54) is 49.9 Å². The Hall–Kier alpha value is -1.72. The number of quaternary nitrogens is 2. The predicted molar refractivity (Wildman–Crippen MR) is 104 cm³/mol. The van der Waals surface area contributed by atoms with Gasteiger partial charge in [-0.15, -0.1) is 0 Å². The number of hydrogen-bond donors (Lipinski definition) is 4. The van der Waals surface area contributed by atoms with Crippen LogP contribution in [0, 0.1) is 0 Å². The average Bonchev–Trinajstić information content (AvgIpc) is 2.70. The van der Waals surface area contributed by atoms with Crippen LogP contribution in [0.4, 0.5) is 0 Å². The van der Waals surface area contributed by atoms with Gasteiger partial charge in [0.25, 0.3) is 0 Å². The van der Waals surface area contributed by atoms with Gasteiger partial charge >= 0.3 is 0 Å². The Balaban J connectivity index is 1.41. The van der Waals surface area contributed by atoms with Crippen molar-refractivity contribution in [2.24, 2.45) is 0 Å². The molecular formula is C22H34N2O2+2. The number of unbranched alkanes of at least 4 members (excludes halogenated alkanes) is 3. The van der Waals surface area contributed by atoms with Gasteiger partial charge < -0.3 is 20.8 Å². The van der Waals surface area contributed by atoms with Crippen molar-refractivity contribution < 1.29 is 20.8 Å². The fourth-order valence-corrected chi connectivity index (χ4v) is 3.03. The molecule has 0 saturated heterocycles. The first-order chi connectivity index (χ1) is 12.8. The summed E-state index contributed by atoms with van der Waals surface area (Å²) in [7, 11) is 0. The molecule has 0 radical (unpaired) electrons. The van der Waals surface area contributed by atoms with Crippen molar-refractivity contribution >= 4 is 0 Å². The monoisotopic (exact) mass is 358 g/mol. The fraction of sp³-hybridized carbons (Fsp3) is 0.455. The molecule has 142 valence electrons. The molecule has 26 heavy (non-hydrogen) atoms. The Morgan fingerprint density at radius 1 is 0.500 bits per heavy atom. The number of rotatable bonds is 13. The molecule has 0 aliphatic rings. The minimum atomic E-state index is 0.122. The second-order valence-electron chi connectivity index (χ2n) is 6.93. The largest absolute Gasteiger partial charge is 0.392 e. The number of benzene rings is 2. The van der Waals surface area contributed by atoms with E-state index in [1.54, 1.807) is 0 Å². The SMILES string of the molecule is OCc1ccc(C[NH2+]CCCCCC[NH2+]Cc2ccc(CO)cc2)cc1. The van der Waals surface area contributed by atoms with Gasteiger partial charge in [-0.2, -0.15) is 0 Å². The van der Waals surface area contributed by atoms with E-state index in [1.807, 2.05) is 24.3 Å². The quantitative estimate of drug-likeness (QED) is 0.404. The van der Waals surface area contributed by atoms with Gasteiger partial charge in [-0.05, 0) is 36.8 Å². The molecule has 4 heteroatoms. The lowest BCUT2D eigenvalue weighted by atomic mass is 10.1. The minimum Gasteiger partial charge on any atom is -0.392 e. The summed E-state index contributed by atoms with van der Waals surface area (Å²) in [5, 5.41) is 22.8. The molecule has 4 nitrogen and oxygen atoms in total. The number of aliphatic hydroxyl groups is 2. The van der Waals surface area contributed by atoms with E-state index in [9.17, 15) is 0 Å². The minimum absolute atomic E-state index is 0.122. The lowest BCUT2D eigenvalue weighted by Crippen LogP contribution is -2.82. The summed E-state index contributed by atoms with van der Waals surface area (Å²) in [6.07, 6.45) is 5.16. The maximum atomic E-state index is 9.04. The standard InChI is InChI=1S/C22H32N2O2/c25-17-21-9-5-19(6-10-21)15-23-13-3-1-2-4-14-24-16-20-7-11-22(18-26)12-8-20/h5-12,23-26H,1-4,13-18H2/p+2. The maximum Gasteiger partial charge on any atom is 0.101 e. The van der Waals surface area contributed by atoms with Crippen molar-refractivity contribution in [2.45, 2.75) is 52.0 Å². The van der Waals surface area contributed by atoms with Crippen LogP contribution in [-0.4, -0.2) is 23.3 Å². The van der Waals surface area contributed by atoms with Gasteiger partial charge in [-0.1, -0.05) is 48.5 Å². The molecule has 0 bridgehead atoms. The van der Waals surface area contributed by atoms with Crippen molar-refractivity contribution in [3.8, 4) is 0 Å². The van der Waals surface area contributed by atoms with Gasteiger partial charge in [0.2, 0.25) is 0 Å². The van der Waals surface area contributed by atoms with E-state index in [4.69, 9.17) is 10.2 Å². The summed E-state index contributed by atoms with van der Waals surface area (Å²) in [5.41, 5.74) is 4.60. The van der Waals surface area contributed by atoms with E-state index in [-0.39, 0.29) is 13.2 Å². The third-order valence-electron chi connectivity index (χ3n) is 4.74. The molecule has 0 amide bonds. The van der Waals surface area contributed by atoms with Gasteiger partial charge in [-0.3, -0.25) is 0 Å². The van der Waals surface area contributed by atoms with Crippen molar-refractivity contribution in [3.63, 3.8) is 0 Å². The molecule has 0 aliphatic carbocycles. The summed E-state index contributed by atoms with van der Waals surface area (Å²) < 4.78 is 0. The summed E-state index contributed by atoms with van der Waals surface area (Å²) >= 11 is 0. The molecule has 0 fully saturated rings. The summed E-state index contributed by atoms with van der Waals surface area (Å²) in [4.78, 5) is 0. The van der Waals surface area contributed by atoms with Gasteiger partial charge in [0, 0.05) is 11.1 Å². The van der Waals surface area contributed by atoms with Crippen molar-refractivity contribution in [3.05, 3.63) is 70.8 Å². The van der Waals surface area contributed by atoms with Crippen LogP contribution < -0.4 is 10.6 Å². The number of hydrogen-bond acceptors (Lipinski definition) is 2. The zero-order valence-corrected chi connectivity index (χ0v) is 15.7. The molecule has 2 rings (SSSR count). The van der Waals surface area contributed by atoms with Crippen LogP contribution in [0.15, 0.2) is 48.5 Å². The summed E-state index contributed by atoms with van der Waals surface area (Å²) in [6.45, 7) is 4.66. The maximum absolute atomic E-state index is 9.04. The summed E-state index contributed by atoms with van der Waals surface area (Å²) in [5.74, 6) is 0. The Bertz CT molecular complexity index is 541. The highest BCUT2D eigenvalue weighted by Gasteiger charge is 1.99. The van der Waals surface area contributed by atoms with Gasteiger partial charge in [-0.25, -0.2) is 0 Å². The van der Waals surface area contributed by atoms with E-state index in [0.717, 1.165) is 24.2 Å². The molecule has 0 aromatic heterocycles. The molecule has 0 aliphatic heterocycles. The molecule has 0 spiro atoms. The highest BCUT2D eigenvalue weighted by atomic mass is 16.3. The van der Waals surface area contributed by atoms with E-state index in [2.05, 4.69) is 34.9 Å². The van der Waals surface area contributed by atoms with Crippen LogP contribution in [0.2, 0.25) is 0 Å². The normalized spacial score (nSPS) is 11.0. The molecule has 2 aromatic rings. The van der Waals surface area contributed by atoms with E-state index in [0.29, 0.717) is 0 Å². The summed E-state index contributed by atoms with van der Waals surface area (Å²) in [6, 6.07) is 16.4. The van der Waals surface area contributed by atoms with Crippen LogP contribution in [0.5, 0.6) is 0 Å². The van der Waals surface area contributed by atoms with Crippen molar-refractivity contribution in [1.82, 2.24) is 0 Å². The smallest absolute Gasteiger partial charge is 0.101 e. The van der Waals surface area contributed by atoms with Crippen LogP contribution in [0.25, 0.3) is 0 Å². The first kappa shape index (κ1) is 20.6. The Morgan fingerprint density at radius 3 is 1.19 bits per heavy atom. The lowest BCUT2D eigenvalue weighted by Gasteiger charge is -2.04. The first-order valence-electron chi connectivity index (χ1n) is 9.82. The lowest BCUT2D eigenvalue weighted by molar-refractivity contribution is -0.672. The molecule has 0 atom stereocenters. The predicted octanol–water partition coefficient (Wildman–Crippen LogP) is 1.06. The van der Waals surface area contributed by atoms with Crippen LogP contribution in [0.3, 0.4) is 0 Å². The second-order valence-corrected chi connectivity index (χ2v) is 6.93. The van der Waals surface area contributed by atoms with Gasteiger partial charge in [0.1, 0.15) is 13.1 Å². The van der Waals surface area contributed by atoms with Crippen LogP contribution >= 0.6 is 0 Å². The Kier molecular flexibility index (Phi) is 9.98. The Morgan fingerprint density at radius 2 is 0.846 bits per heavy atom. The molecule has 6 N–H and O–H groups in total. The van der Waals surface area contributed by atoms with Gasteiger partial charge in [0.05, 0.1) is 26.3 Å². The van der Waals surface area contributed by atoms with E-state index < -0.39 is 0 Å². The fourth-order valence-electron chi connectivity index (χ4n) is 3.03. The number of nitrogens with two attached hydrogens (primary N) is 2. The molecule has 0 saturated carbocycles. The molecule has 0 unspecified atom stereocenters. The average molecular weight is 359 g/mol. The molecular weight excluding hydrogens is 324 g/mol. The van der Waals surface area contributed by atoms with Crippen LogP contribution in [0.1, 0.15) is 47.9 Å². The van der Waals surface area contributed by atoms with Gasteiger partial charge in [0.15, 0.2) is 0 Å². The zero-order valence-electron chi connectivity index (χ0n) is 15.7. The second kappa shape index (κ2) is 12.6. The van der Waals surface area contributed by atoms with Crippen molar-refractivity contribution in [2.75, 3.05) is 13.1 Å². The third kappa shape index (κ3) is 8.11. The van der Waals surface area contributed by atoms with Crippen LogP contribution in [-0.2, 0) is 26.3 Å². The number of aliphatic hydroxyl groups excluding tert-OH is 2. The zero-order chi connectivity index (χ0) is 18.5. The molecule has 0 heterocycles. The topological polar surface area (TPSA) is 73.7 Å². The van der Waals surface area contributed by atoms with Crippen molar-refractivity contribution in [1.29, 1.82) is 0 Å². The third-order valence-corrected chi connectivity index (χ3v) is 4.74. The highest BCUT2D eigenvalue weighted by Crippen LogP contribution is 2.03. The highest BCUT2D eigenvalue weighted by molar-refractivity contribution is 5.21. The first-order valence-corrected chi connectivity index (χ1v) is 9.82. The Labute approximate surface area is 157 Å².